The Morgan fingerprint density at radius 3 is 2.24 bits per heavy atom. The molecule has 3 N–H and O–H groups in total. The van der Waals surface area contributed by atoms with Crippen molar-refractivity contribution >= 4 is 40.9 Å². The Balaban J connectivity index is 2.12. The predicted octanol–water partition coefficient (Wildman–Crippen LogP) is 4.15. The maximum absolute atomic E-state index is 12.0. The molecule has 1 fully saturated rings. The van der Waals surface area contributed by atoms with Crippen LogP contribution in [0.25, 0.3) is 0 Å². The van der Waals surface area contributed by atoms with Gasteiger partial charge in [0.2, 0.25) is 0 Å². The molecule has 7 heteroatoms. The molecule has 0 unspecified atom stereocenters. The van der Waals surface area contributed by atoms with Crippen LogP contribution in [-0.4, -0.2) is 22.6 Å². The Morgan fingerprint density at radius 1 is 1.29 bits per heavy atom. The first-order chi connectivity index (χ1) is 9.87. The summed E-state index contributed by atoms with van der Waals surface area (Å²) < 4.78 is 0. The van der Waals surface area contributed by atoms with Gasteiger partial charge in [-0.1, -0.05) is 30.1 Å². The number of aromatic carboxylic acids is 1. The second kappa shape index (κ2) is 6.12. The molecule has 1 aliphatic rings. The van der Waals surface area contributed by atoms with E-state index in [-0.39, 0.29) is 32.9 Å². The number of carboxylic acids is 1. The molecule has 21 heavy (non-hydrogen) atoms. The number of benzene rings is 1. The van der Waals surface area contributed by atoms with Crippen LogP contribution in [0.15, 0.2) is 12.1 Å². The quantitative estimate of drug-likeness (QED) is 0.776. The van der Waals surface area contributed by atoms with E-state index in [2.05, 4.69) is 10.6 Å². The van der Waals surface area contributed by atoms with Crippen LogP contribution in [0.4, 0.5) is 10.5 Å². The molecule has 0 atom stereocenters. The van der Waals surface area contributed by atoms with Gasteiger partial charge >= 0.3 is 12.0 Å². The number of amides is 2. The number of nitrogens with one attached hydrogen (secondary N) is 2. The molecular formula is C14H16Cl2N2O3. The van der Waals surface area contributed by atoms with Crippen molar-refractivity contribution < 1.29 is 14.7 Å². The normalized spacial score (nSPS) is 16.0. The van der Waals surface area contributed by atoms with Gasteiger partial charge in [0, 0.05) is 5.54 Å². The Hall–Kier alpha value is -1.46. The van der Waals surface area contributed by atoms with Gasteiger partial charge in [0.1, 0.15) is 0 Å². The molecule has 1 aliphatic carbocycles. The zero-order valence-corrected chi connectivity index (χ0v) is 13.0. The lowest BCUT2D eigenvalue weighted by Gasteiger charge is -2.41. The van der Waals surface area contributed by atoms with Crippen molar-refractivity contribution in [3.05, 3.63) is 27.7 Å². The van der Waals surface area contributed by atoms with Gasteiger partial charge in [0.25, 0.3) is 0 Å². The monoisotopic (exact) mass is 330 g/mol. The van der Waals surface area contributed by atoms with Crippen molar-refractivity contribution in [2.75, 3.05) is 5.32 Å². The van der Waals surface area contributed by atoms with E-state index in [0.29, 0.717) is 0 Å². The molecule has 114 valence electrons. The fourth-order valence-corrected chi connectivity index (χ4v) is 2.95. The molecule has 0 bridgehead atoms. The molecule has 0 aliphatic heterocycles. The lowest BCUT2D eigenvalue weighted by Crippen LogP contribution is -2.54. The van der Waals surface area contributed by atoms with Crippen molar-refractivity contribution in [2.45, 2.75) is 38.1 Å². The van der Waals surface area contributed by atoms with Gasteiger partial charge in [-0.2, -0.15) is 0 Å². The van der Waals surface area contributed by atoms with Crippen molar-refractivity contribution in [3.8, 4) is 0 Å². The van der Waals surface area contributed by atoms with Crippen LogP contribution in [0.5, 0.6) is 0 Å². The van der Waals surface area contributed by atoms with Crippen LogP contribution in [-0.2, 0) is 0 Å². The SMILES string of the molecule is CCC1(NC(=O)Nc2c(Cl)cc(C(=O)O)cc2Cl)CCC1. The first-order valence-corrected chi connectivity index (χ1v) is 7.44. The van der Waals surface area contributed by atoms with E-state index in [1.165, 1.54) is 12.1 Å². The van der Waals surface area contributed by atoms with Crippen LogP contribution < -0.4 is 10.6 Å². The summed E-state index contributed by atoms with van der Waals surface area (Å²) in [6, 6.07) is 2.12. The third-order valence-corrected chi connectivity index (χ3v) is 4.49. The molecule has 1 saturated carbocycles. The van der Waals surface area contributed by atoms with E-state index in [9.17, 15) is 9.59 Å². The third-order valence-electron chi connectivity index (χ3n) is 3.89. The van der Waals surface area contributed by atoms with Crippen molar-refractivity contribution in [1.29, 1.82) is 0 Å². The molecule has 0 radical (unpaired) electrons. The van der Waals surface area contributed by atoms with Gasteiger partial charge in [-0.15, -0.1) is 0 Å². The average molecular weight is 331 g/mol. The van der Waals surface area contributed by atoms with Crippen LogP contribution in [0.1, 0.15) is 43.0 Å². The van der Waals surface area contributed by atoms with E-state index < -0.39 is 5.97 Å². The number of halogens is 2. The summed E-state index contributed by atoms with van der Waals surface area (Å²) in [4.78, 5) is 22.9. The van der Waals surface area contributed by atoms with Gasteiger partial charge in [-0.05, 0) is 37.8 Å². The molecule has 0 spiro atoms. The molecule has 1 aromatic rings. The topological polar surface area (TPSA) is 78.4 Å². The molecule has 0 aromatic heterocycles. The van der Waals surface area contributed by atoms with Crippen molar-refractivity contribution in [2.24, 2.45) is 0 Å². The number of rotatable bonds is 4. The standard InChI is InChI=1S/C14H16Cl2N2O3/c1-2-14(4-3-5-14)18-13(21)17-11-9(15)6-8(12(19)20)7-10(11)16/h6-7H,2-5H2,1H3,(H,19,20)(H2,17,18,21). The maximum atomic E-state index is 12.0. The molecule has 2 rings (SSSR count). The minimum Gasteiger partial charge on any atom is -0.478 e. The number of anilines is 1. The number of carbonyl (C=O) groups is 2. The maximum Gasteiger partial charge on any atom is 0.335 e. The van der Waals surface area contributed by atoms with Gasteiger partial charge < -0.3 is 15.7 Å². The highest BCUT2D eigenvalue weighted by atomic mass is 35.5. The van der Waals surface area contributed by atoms with Crippen LogP contribution >= 0.6 is 23.2 Å². The lowest BCUT2D eigenvalue weighted by atomic mass is 9.75. The van der Waals surface area contributed by atoms with E-state index in [4.69, 9.17) is 28.3 Å². The van der Waals surface area contributed by atoms with Gasteiger partial charge in [-0.3, -0.25) is 0 Å². The number of hydrogen-bond donors (Lipinski definition) is 3. The summed E-state index contributed by atoms with van der Waals surface area (Å²) in [5.41, 5.74) is 0.0377. The minimum absolute atomic E-state index is 0.0278. The van der Waals surface area contributed by atoms with E-state index in [1.807, 2.05) is 6.92 Å². The number of carbonyl (C=O) groups excluding carboxylic acids is 1. The fraction of sp³-hybridized carbons (Fsp3) is 0.429. The van der Waals surface area contributed by atoms with E-state index in [0.717, 1.165) is 25.7 Å². The smallest absolute Gasteiger partial charge is 0.335 e. The summed E-state index contributed by atoms with van der Waals surface area (Å²) in [7, 11) is 0. The molecule has 2 amide bonds. The van der Waals surface area contributed by atoms with E-state index >= 15 is 0 Å². The lowest BCUT2D eigenvalue weighted by molar-refractivity contribution is 0.0697. The van der Waals surface area contributed by atoms with E-state index in [1.54, 1.807) is 0 Å². The number of hydrogen-bond acceptors (Lipinski definition) is 2. The summed E-state index contributed by atoms with van der Waals surface area (Å²) in [5, 5.41) is 14.6. The molecule has 1 aromatic carbocycles. The summed E-state index contributed by atoms with van der Waals surface area (Å²) >= 11 is 12.0. The van der Waals surface area contributed by atoms with Gasteiger partial charge in [-0.25, -0.2) is 9.59 Å². The van der Waals surface area contributed by atoms with Crippen molar-refractivity contribution in [3.63, 3.8) is 0 Å². The molecule has 0 heterocycles. The zero-order valence-electron chi connectivity index (χ0n) is 11.5. The summed E-state index contributed by atoms with van der Waals surface area (Å²) in [5.74, 6) is -1.13. The molecule has 0 saturated heterocycles. The summed E-state index contributed by atoms with van der Waals surface area (Å²) in [6.07, 6.45) is 3.87. The average Bonchev–Trinajstić information content (AvgIpc) is 2.37. The van der Waals surface area contributed by atoms with Crippen LogP contribution in [0, 0.1) is 0 Å². The Kier molecular flexibility index (Phi) is 4.64. The Bertz CT molecular complexity index is 557. The number of carboxylic acid groups (broad SMARTS) is 1. The Morgan fingerprint density at radius 2 is 1.86 bits per heavy atom. The third kappa shape index (κ3) is 3.41. The largest absolute Gasteiger partial charge is 0.478 e. The minimum atomic E-state index is -1.13. The first-order valence-electron chi connectivity index (χ1n) is 6.68. The molecular weight excluding hydrogens is 315 g/mol. The van der Waals surface area contributed by atoms with Crippen LogP contribution in [0.2, 0.25) is 10.0 Å². The van der Waals surface area contributed by atoms with Gasteiger partial charge in [0.15, 0.2) is 0 Å². The van der Waals surface area contributed by atoms with Gasteiger partial charge in [0.05, 0.1) is 21.3 Å². The molecule has 5 nitrogen and oxygen atoms in total. The van der Waals surface area contributed by atoms with Crippen LogP contribution in [0.3, 0.4) is 0 Å². The predicted molar refractivity (Wildman–Crippen MR) is 82.4 cm³/mol. The fourth-order valence-electron chi connectivity index (χ4n) is 2.37. The highest BCUT2D eigenvalue weighted by Crippen LogP contribution is 2.35. The second-order valence-electron chi connectivity index (χ2n) is 5.19. The number of urea groups is 1. The highest BCUT2D eigenvalue weighted by Gasteiger charge is 2.36. The second-order valence-corrected chi connectivity index (χ2v) is 6.00. The Labute approximate surface area is 132 Å². The summed E-state index contributed by atoms with van der Waals surface area (Å²) in [6.45, 7) is 2.03. The highest BCUT2D eigenvalue weighted by molar-refractivity contribution is 6.40. The van der Waals surface area contributed by atoms with Crippen molar-refractivity contribution in [1.82, 2.24) is 5.32 Å². The zero-order chi connectivity index (χ0) is 15.6. The first kappa shape index (κ1) is 15.9.